The van der Waals surface area contributed by atoms with Gasteiger partial charge < -0.3 is 26.6 Å². The van der Waals surface area contributed by atoms with Crippen molar-refractivity contribution in [2.45, 2.75) is 116 Å². The van der Waals surface area contributed by atoms with E-state index in [0.29, 0.717) is 25.8 Å². The van der Waals surface area contributed by atoms with Gasteiger partial charge in [0, 0.05) is 12.1 Å². The normalized spacial score (nSPS) is 22.7. The average molecular weight is 610 g/mol. The first-order chi connectivity index (χ1) is 20.7. The van der Waals surface area contributed by atoms with Gasteiger partial charge in [-0.05, 0) is 60.8 Å². The number of ketones is 1. The van der Waals surface area contributed by atoms with Gasteiger partial charge in [-0.2, -0.15) is 0 Å². The van der Waals surface area contributed by atoms with Crippen LogP contribution in [0.2, 0.25) is 0 Å². The van der Waals surface area contributed by atoms with Crippen LogP contribution >= 0.6 is 0 Å². The number of carbonyl (C=O) groups excluding carboxylic acids is 5. The van der Waals surface area contributed by atoms with Gasteiger partial charge in [-0.25, -0.2) is 4.79 Å². The number of nitrogens with two attached hydrogens (primary N) is 1. The van der Waals surface area contributed by atoms with Gasteiger partial charge in [-0.1, -0.05) is 90.6 Å². The Kier molecular flexibility index (Phi) is 10.4. The van der Waals surface area contributed by atoms with Crippen LogP contribution < -0.4 is 21.7 Å². The van der Waals surface area contributed by atoms with E-state index in [2.05, 4.69) is 28.1 Å². The number of nitrogens with one attached hydrogen (secondary N) is 3. The standard InChI is InChI=1S/C34H51N5O5/c1-21(2)24-15-18-39(26(24)30(42)36-25(19-22-13-14-22)27(40)29(35)41)31(43)28(33(3,4)5)37-32(44)38-34(16-9-10-17-34)20-23-11-7-6-8-12-23/h6-8,11-12,21-22,24-26,28H,9-10,13-20H2,1-5H3,(H2,35,41)(H,36,42)(H2,37,38,44). The largest absolute Gasteiger partial charge is 0.363 e. The van der Waals surface area contributed by atoms with E-state index in [1.165, 1.54) is 0 Å². The van der Waals surface area contributed by atoms with Crippen LogP contribution in [0.15, 0.2) is 30.3 Å². The fraction of sp³-hybridized carbons (Fsp3) is 0.676. The van der Waals surface area contributed by atoms with Crippen LogP contribution in [0.4, 0.5) is 4.79 Å². The van der Waals surface area contributed by atoms with Gasteiger partial charge in [0.05, 0.1) is 6.04 Å². The third-order valence-electron chi connectivity index (χ3n) is 9.71. The predicted octanol–water partition coefficient (Wildman–Crippen LogP) is 3.47. The van der Waals surface area contributed by atoms with Gasteiger partial charge in [0.25, 0.3) is 5.91 Å². The third-order valence-corrected chi connectivity index (χ3v) is 9.71. The molecule has 4 rings (SSSR count). The molecule has 0 bridgehead atoms. The van der Waals surface area contributed by atoms with Crippen LogP contribution in [0, 0.1) is 23.2 Å². The Bertz CT molecular complexity index is 1220. The fourth-order valence-electron chi connectivity index (χ4n) is 7.05. The molecule has 2 aliphatic carbocycles. The monoisotopic (exact) mass is 609 g/mol. The third kappa shape index (κ3) is 8.18. The zero-order chi connectivity index (χ0) is 32.2. The van der Waals surface area contributed by atoms with Gasteiger partial charge >= 0.3 is 6.03 Å². The minimum Gasteiger partial charge on any atom is -0.363 e. The molecule has 44 heavy (non-hydrogen) atoms. The lowest BCUT2D eigenvalue weighted by Crippen LogP contribution is -2.62. The molecule has 2 saturated carbocycles. The summed E-state index contributed by atoms with van der Waals surface area (Å²) in [7, 11) is 0. The van der Waals surface area contributed by atoms with E-state index >= 15 is 0 Å². The second-order valence-electron chi connectivity index (χ2n) is 14.7. The number of hydrogen-bond acceptors (Lipinski definition) is 5. The lowest BCUT2D eigenvalue weighted by atomic mass is 9.84. The quantitative estimate of drug-likeness (QED) is 0.268. The highest BCUT2D eigenvalue weighted by molar-refractivity contribution is 6.37. The van der Waals surface area contributed by atoms with E-state index < -0.39 is 47.2 Å². The van der Waals surface area contributed by atoms with Crippen molar-refractivity contribution in [3.05, 3.63) is 35.9 Å². The van der Waals surface area contributed by atoms with Crippen LogP contribution in [0.25, 0.3) is 0 Å². The predicted molar refractivity (Wildman–Crippen MR) is 168 cm³/mol. The Balaban J connectivity index is 1.52. The molecule has 0 aromatic heterocycles. The van der Waals surface area contributed by atoms with Gasteiger partial charge in [0.2, 0.25) is 17.6 Å². The lowest BCUT2D eigenvalue weighted by Gasteiger charge is -2.38. The molecule has 0 radical (unpaired) electrons. The van der Waals surface area contributed by atoms with Crippen molar-refractivity contribution >= 4 is 29.5 Å². The van der Waals surface area contributed by atoms with E-state index in [1.54, 1.807) is 4.90 Å². The summed E-state index contributed by atoms with van der Waals surface area (Å²) in [6, 6.07) is 6.97. The molecule has 1 aliphatic heterocycles. The molecule has 3 aliphatic rings. The van der Waals surface area contributed by atoms with Crippen LogP contribution in [-0.2, 0) is 25.6 Å². The van der Waals surface area contributed by atoms with Crippen LogP contribution in [0.1, 0.15) is 91.5 Å². The summed E-state index contributed by atoms with van der Waals surface area (Å²) >= 11 is 0. The summed E-state index contributed by atoms with van der Waals surface area (Å²) in [4.78, 5) is 67.7. The van der Waals surface area contributed by atoms with Crippen molar-refractivity contribution in [3.63, 3.8) is 0 Å². The summed E-state index contributed by atoms with van der Waals surface area (Å²) in [6.45, 7) is 10.1. The van der Waals surface area contributed by atoms with Crippen LogP contribution in [-0.4, -0.2) is 64.6 Å². The number of rotatable bonds is 12. The van der Waals surface area contributed by atoms with Gasteiger partial charge in [0.15, 0.2) is 0 Å². The summed E-state index contributed by atoms with van der Waals surface area (Å²) in [5, 5.41) is 9.03. The molecule has 5 amide bonds. The molecule has 10 heteroatoms. The van der Waals surface area contributed by atoms with E-state index in [0.717, 1.165) is 44.1 Å². The lowest BCUT2D eigenvalue weighted by molar-refractivity contribution is -0.144. The Morgan fingerprint density at radius 3 is 2.16 bits per heavy atom. The molecule has 3 fully saturated rings. The summed E-state index contributed by atoms with van der Waals surface area (Å²) in [5.41, 5.74) is 5.42. The number of Topliss-reactive ketones (excluding diaryl/α,β-unsaturated/α-hetero) is 1. The first kappa shape index (κ1) is 33.5. The summed E-state index contributed by atoms with van der Waals surface area (Å²) < 4.78 is 0. The van der Waals surface area contributed by atoms with Crippen molar-refractivity contribution in [2.24, 2.45) is 28.9 Å². The highest BCUT2D eigenvalue weighted by atomic mass is 16.2. The van der Waals surface area contributed by atoms with Crippen molar-refractivity contribution in [3.8, 4) is 0 Å². The van der Waals surface area contributed by atoms with Crippen molar-refractivity contribution in [1.82, 2.24) is 20.9 Å². The Morgan fingerprint density at radius 2 is 1.61 bits per heavy atom. The van der Waals surface area contributed by atoms with Crippen LogP contribution in [0.3, 0.4) is 0 Å². The first-order valence-electron chi connectivity index (χ1n) is 16.3. The zero-order valence-electron chi connectivity index (χ0n) is 27.0. The fourth-order valence-corrected chi connectivity index (χ4v) is 7.05. The number of benzene rings is 1. The summed E-state index contributed by atoms with van der Waals surface area (Å²) in [6.07, 6.45) is 7.33. The first-order valence-corrected chi connectivity index (χ1v) is 16.3. The molecule has 0 spiro atoms. The maximum Gasteiger partial charge on any atom is 0.315 e. The highest BCUT2D eigenvalue weighted by Crippen LogP contribution is 2.36. The minimum atomic E-state index is -1.08. The molecular formula is C34H51N5O5. The van der Waals surface area contributed by atoms with Crippen molar-refractivity contribution < 1.29 is 24.0 Å². The average Bonchev–Trinajstić information content (AvgIpc) is 3.46. The topological polar surface area (TPSA) is 151 Å². The molecular weight excluding hydrogens is 558 g/mol. The smallest absolute Gasteiger partial charge is 0.315 e. The second kappa shape index (κ2) is 13.7. The van der Waals surface area contributed by atoms with E-state index in [1.807, 2.05) is 52.8 Å². The molecule has 4 unspecified atom stereocenters. The number of hydrogen-bond donors (Lipinski definition) is 4. The number of carbonyl (C=O) groups is 5. The molecule has 4 atom stereocenters. The Hall–Kier alpha value is -3.43. The molecule has 1 saturated heterocycles. The number of likely N-dealkylation sites (tertiary alicyclic amines) is 1. The molecule has 10 nitrogen and oxygen atoms in total. The van der Waals surface area contributed by atoms with E-state index in [-0.39, 0.29) is 29.2 Å². The second-order valence-corrected chi connectivity index (χ2v) is 14.7. The highest BCUT2D eigenvalue weighted by Gasteiger charge is 2.48. The van der Waals surface area contributed by atoms with Gasteiger partial charge in [-0.3, -0.25) is 19.2 Å². The van der Waals surface area contributed by atoms with Crippen molar-refractivity contribution in [1.29, 1.82) is 0 Å². The van der Waals surface area contributed by atoms with Gasteiger partial charge in [-0.15, -0.1) is 0 Å². The Labute approximate surface area is 261 Å². The maximum absolute atomic E-state index is 14.3. The number of urea groups is 1. The van der Waals surface area contributed by atoms with E-state index in [9.17, 15) is 24.0 Å². The zero-order valence-corrected chi connectivity index (χ0v) is 27.0. The number of amides is 5. The summed E-state index contributed by atoms with van der Waals surface area (Å²) in [5.74, 6) is -2.48. The molecule has 1 heterocycles. The SMILES string of the molecule is CC(C)C1CCN(C(=O)C(NC(=O)NC2(Cc3ccccc3)CCCC2)C(C)(C)C)C1C(=O)NC(CC1CC1)C(=O)C(N)=O. The number of primary amides is 1. The molecule has 1 aromatic rings. The Morgan fingerprint density at radius 1 is 0.977 bits per heavy atom. The van der Waals surface area contributed by atoms with Crippen molar-refractivity contribution in [2.75, 3.05) is 6.54 Å². The molecule has 242 valence electrons. The maximum atomic E-state index is 14.3. The van der Waals surface area contributed by atoms with Crippen LogP contribution in [0.5, 0.6) is 0 Å². The minimum absolute atomic E-state index is 0.0850. The van der Waals surface area contributed by atoms with E-state index in [4.69, 9.17) is 5.73 Å². The molecule has 1 aromatic carbocycles. The molecule has 5 N–H and O–H groups in total. The van der Waals surface area contributed by atoms with Gasteiger partial charge in [0.1, 0.15) is 12.1 Å². The number of nitrogens with zero attached hydrogens (tertiary/aromatic N) is 1.